The second-order valence-corrected chi connectivity index (χ2v) is 10.0. The molecule has 8 nitrogen and oxygen atoms in total. The average molecular weight is 482 g/mol. The Morgan fingerprint density at radius 1 is 1.31 bits per heavy atom. The fraction of sp³-hybridized carbons (Fsp3) is 0.333. The number of fused-ring (bicyclic) bond motifs is 1. The van der Waals surface area contributed by atoms with Gasteiger partial charge in [0, 0.05) is 12.6 Å². The van der Waals surface area contributed by atoms with Crippen molar-refractivity contribution in [1.29, 1.82) is 0 Å². The molecule has 0 aliphatic carbocycles. The van der Waals surface area contributed by atoms with Crippen molar-refractivity contribution in [2.45, 2.75) is 43.7 Å². The molecule has 32 heavy (non-hydrogen) atoms. The summed E-state index contributed by atoms with van der Waals surface area (Å²) < 4.78 is 47.0. The first kappa shape index (κ1) is 22.5. The van der Waals surface area contributed by atoms with Crippen LogP contribution in [0.2, 0.25) is 5.02 Å². The van der Waals surface area contributed by atoms with Gasteiger partial charge in [0.05, 0.1) is 21.3 Å². The van der Waals surface area contributed by atoms with Crippen molar-refractivity contribution in [2.24, 2.45) is 0 Å². The summed E-state index contributed by atoms with van der Waals surface area (Å²) in [5.74, 6) is -1.16. The number of hydrogen-bond acceptors (Lipinski definition) is 5. The van der Waals surface area contributed by atoms with Gasteiger partial charge in [0.2, 0.25) is 15.9 Å². The van der Waals surface area contributed by atoms with Gasteiger partial charge in [0.25, 0.3) is 5.91 Å². The molecule has 1 saturated heterocycles. The van der Waals surface area contributed by atoms with E-state index >= 15 is 0 Å². The Hall–Kier alpha value is -2.69. The van der Waals surface area contributed by atoms with Crippen LogP contribution in [-0.2, 0) is 19.6 Å². The lowest BCUT2D eigenvalue weighted by Crippen LogP contribution is -2.43. The molecule has 0 radical (unpaired) electrons. The third kappa shape index (κ3) is 4.05. The molecule has 11 heteroatoms. The minimum absolute atomic E-state index is 0.000821. The number of amides is 2. The van der Waals surface area contributed by atoms with Crippen LogP contribution in [-0.4, -0.2) is 43.2 Å². The number of ether oxygens (including phenoxy) is 1. The molecule has 2 heterocycles. The van der Waals surface area contributed by atoms with E-state index < -0.39 is 33.9 Å². The van der Waals surface area contributed by atoms with Crippen LogP contribution < -0.4 is 15.4 Å². The van der Waals surface area contributed by atoms with Gasteiger partial charge in [-0.25, -0.2) is 12.8 Å². The number of benzene rings is 2. The molecule has 0 saturated carbocycles. The zero-order valence-corrected chi connectivity index (χ0v) is 18.9. The van der Waals surface area contributed by atoms with Gasteiger partial charge >= 0.3 is 0 Å². The van der Waals surface area contributed by atoms with Crippen LogP contribution in [0.1, 0.15) is 25.3 Å². The van der Waals surface area contributed by atoms with Gasteiger partial charge in [0.15, 0.2) is 6.10 Å². The summed E-state index contributed by atoms with van der Waals surface area (Å²) in [6.07, 6.45) is 0.0750. The molecule has 0 spiro atoms. The fourth-order valence-electron chi connectivity index (χ4n) is 3.84. The van der Waals surface area contributed by atoms with E-state index in [1.807, 2.05) is 0 Å². The molecule has 2 aliphatic heterocycles. The Bertz CT molecular complexity index is 1220. The van der Waals surface area contributed by atoms with Crippen LogP contribution in [0.4, 0.5) is 15.8 Å². The molecule has 4 rings (SSSR count). The molecule has 2 aromatic carbocycles. The molecule has 0 bridgehead atoms. The third-order valence-corrected chi connectivity index (χ3v) is 7.85. The number of anilines is 2. The highest BCUT2D eigenvalue weighted by atomic mass is 35.5. The Morgan fingerprint density at radius 3 is 2.78 bits per heavy atom. The molecule has 2 amide bonds. The molecular formula is C21H21ClFN3O5S. The summed E-state index contributed by atoms with van der Waals surface area (Å²) in [5.41, 5.74) is 1.01. The Labute approximate surface area is 189 Å². The van der Waals surface area contributed by atoms with Crippen molar-refractivity contribution in [3.8, 4) is 5.75 Å². The first-order valence-electron chi connectivity index (χ1n) is 9.98. The van der Waals surface area contributed by atoms with E-state index in [1.54, 1.807) is 13.8 Å². The average Bonchev–Trinajstić information content (AvgIpc) is 3.22. The van der Waals surface area contributed by atoms with Crippen LogP contribution in [0.5, 0.6) is 5.75 Å². The number of nitrogens with one attached hydrogen (secondary N) is 2. The van der Waals surface area contributed by atoms with Crippen LogP contribution in [0, 0.1) is 12.7 Å². The first-order chi connectivity index (χ1) is 15.1. The second-order valence-electron chi connectivity index (χ2n) is 7.75. The van der Waals surface area contributed by atoms with Crippen molar-refractivity contribution in [1.82, 2.24) is 4.31 Å². The first-order valence-corrected chi connectivity index (χ1v) is 11.8. The SMILES string of the molecule is Cc1cc2c(cc1S(=O)(=O)N1CCC[C@@H]1C(=O)Nc1ccc(F)cc1Cl)O[C@@H](C)C(=O)N2. The molecule has 2 aliphatic rings. The van der Waals surface area contributed by atoms with E-state index in [2.05, 4.69) is 10.6 Å². The van der Waals surface area contributed by atoms with Crippen molar-refractivity contribution in [3.63, 3.8) is 0 Å². The molecule has 2 N–H and O–H groups in total. The van der Waals surface area contributed by atoms with Gasteiger partial charge in [0.1, 0.15) is 17.6 Å². The molecule has 2 aromatic rings. The Kier molecular flexibility index (Phi) is 5.87. The summed E-state index contributed by atoms with van der Waals surface area (Å²) in [6.45, 7) is 3.34. The number of carbonyl (C=O) groups excluding carboxylic acids is 2. The van der Waals surface area contributed by atoms with Gasteiger partial charge in [-0.05, 0) is 56.5 Å². The maximum absolute atomic E-state index is 13.5. The largest absolute Gasteiger partial charge is 0.479 e. The fourth-order valence-corrected chi connectivity index (χ4v) is 5.94. The standard InChI is InChI=1S/C21H21ClFN3O5S/c1-11-8-16-18(31-12(2)20(27)25-16)10-19(11)32(29,30)26-7-3-4-17(26)21(28)24-15-6-5-13(23)9-14(15)22/h5-6,8-10,12,17H,3-4,7H2,1-2H3,(H,24,28)(H,25,27)/t12-,17+/m0/s1. The van der Waals surface area contributed by atoms with Crippen LogP contribution in [0.15, 0.2) is 35.2 Å². The topological polar surface area (TPSA) is 105 Å². The van der Waals surface area contributed by atoms with Crippen LogP contribution in [0.3, 0.4) is 0 Å². The van der Waals surface area contributed by atoms with Crippen LogP contribution in [0.25, 0.3) is 0 Å². The highest BCUT2D eigenvalue weighted by Gasteiger charge is 2.41. The number of rotatable bonds is 4. The van der Waals surface area contributed by atoms with Crippen molar-refractivity contribution >= 4 is 44.8 Å². The van der Waals surface area contributed by atoms with Gasteiger partial charge in [-0.2, -0.15) is 4.31 Å². The summed E-state index contributed by atoms with van der Waals surface area (Å²) in [4.78, 5) is 24.7. The van der Waals surface area contributed by atoms with E-state index in [0.29, 0.717) is 24.1 Å². The Balaban J connectivity index is 1.63. The maximum atomic E-state index is 13.5. The monoisotopic (exact) mass is 481 g/mol. The number of hydrogen-bond donors (Lipinski definition) is 2. The van der Waals surface area contributed by atoms with Gasteiger partial charge < -0.3 is 15.4 Å². The predicted molar refractivity (Wildman–Crippen MR) is 117 cm³/mol. The minimum atomic E-state index is -4.05. The second kappa shape index (κ2) is 8.34. The minimum Gasteiger partial charge on any atom is -0.479 e. The van der Waals surface area contributed by atoms with E-state index in [0.717, 1.165) is 16.4 Å². The van der Waals surface area contributed by atoms with E-state index in [9.17, 15) is 22.4 Å². The summed E-state index contributed by atoms with van der Waals surface area (Å²) >= 11 is 5.98. The molecule has 1 fully saturated rings. The van der Waals surface area contributed by atoms with E-state index in [4.69, 9.17) is 16.3 Å². The number of carbonyl (C=O) groups is 2. The molecule has 0 unspecified atom stereocenters. The van der Waals surface area contributed by atoms with Gasteiger partial charge in [-0.1, -0.05) is 11.6 Å². The predicted octanol–water partition coefficient (Wildman–Crippen LogP) is 3.30. The molecular weight excluding hydrogens is 461 g/mol. The highest BCUT2D eigenvalue weighted by molar-refractivity contribution is 7.89. The lowest BCUT2D eigenvalue weighted by atomic mass is 10.1. The number of nitrogens with zero attached hydrogens (tertiary/aromatic N) is 1. The van der Waals surface area contributed by atoms with E-state index in [-0.39, 0.29) is 33.8 Å². The Morgan fingerprint density at radius 2 is 2.06 bits per heavy atom. The van der Waals surface area contributed by atoms with Crippen molar-refractivity contribution in [3.05, 3.63) is 46.7 Å². The van der Waals surface area contributed by atoms with E-state index in [1.165, 1.54) is 18.2 Å². The number of aryl methyl sites for hydroxylation is 1. The lowest BCUT2D eigenvalue weighted by Gasteiger charge is -2.27. The summed E-state index contributed by atoms with van der Waals surface area (Å²) in [5, 5.41) is 5.30. The maximum Gasteiger partial charge on any atom is 0.265 e. The zero-order chi connectivity index (χ0) is 23.2. The normalized spacial score (nSPS) is 20.9. The number of halogens is 2. The smallest absolute Gasteiger partial charge is 0.265 e. The highest BCUT2D eigenvalue weighted by Crippen LogP contribution is 2.37. The van der Waals surface area contributed by atoms with Crippen LogP contribution >= 0.6 is 11.6 Å². The number of sulfonamides is 1. The molecule has 170 valence electrons. The molecule has 2 atom stereocenters. The van der Waals surface area contributed by atoms with Gasteiger partial charge in [-0.15, -0.1) is 0 Å². The lowest BCUT2D eigenvalue weighted by molar-refractivity contribution is -0.122. The summed E-state index contributed by atoms with van der Waals surface area (Å²) in [7, 11) is -4.05. The summed E-state index contributed by atoms with van der Waals surface area (Å²) in [6, 6.07) is 5.51. The van der Waals surface area contributed by atoms with Crippen molar-refractivity contribution < 1.29 is 27.1 Å². The van der Waals surface area contributed by atoms with Crippen molar-refractivity contribution in [2.75, 3.05) is 17.2 Å². The third-order valence-electron chi connectivity index (χ3n) is 5.49. The molecule has 0 aromatic heterocycles. The van der Waals surface area contributed by atoms with Gasteiger partial charge in [-0.3, -0.25) is 9.59 Å². The zero-order valence-electron chi connectivity index (χ0n) is 17.3. The quantitative estimate of drug-likeness (QED) is 0.697.